The topological polar surface area (TPSA) is 76.6 Å². The fourth-order valence-electron chi connectivity index (χ4n) is 2.83. The maximum atomic E-state index is 12.6. The molecule has 1 fully saturated rings. The van der Waals surface area contributed by atoms with Crippen molar-refractivity contribution in [1.29, 1.82) is 0 Å². The number of aryl methyl sites for hydroxylation is 1. The van der Waals surface area contributed by atoms with Gasteiger partial charge in [0.15, 0.2) is 0 Å². The van der Waals surface area contributed by atoms with E-state index in [-0.39, 0.29) is 12.1 Å². The van der Waals surface area contributed by atoms with Crippen LogP contribution in [0.4, 0.5) is 10.5 Å². The van der Waals surface area contributed by atoms with Crippen LogP contribution in [0.1, 0.15) is 18.7 Å². The summed E-state index contributed by atoms with van der Waals surface area (Å²) in [5.74, 6) is 1.85. The van der Waals surface area contributed by atoms with E-state index < -0.39 is 0 Å². The van der Waals surface area contributed by atoms with Crippen LogP contribution in [-0.2, 0) is 0 Å². The number of rotatable bonds is 4. The summed E-state index contributed by atoms with van der Waals surface area (Å²) in [6.07, 6.45) is 3.37. The van der Waals surface area contributed by atoms with Gasteiger partial charge in [-0.3, -0.25) is 0 Å². The quantitative estimate of drug-likeness (QED) is 0.924. The number of anilines is 1. The van der Waals surface area contributed by atoms with E-state index in [2.05, 4.69) is 15.3 Å². The lowest BCUT2D eigenvalue weighted by Crippen LogP contribution is -2.46. The van der Waals surface area contributed by atoms with Crippen LogP contribution in [0.15, 0.2) is 36.5 Å². The average molecular weight is 342 g/mol. The van der Waals surface area contributed by atoms with E-state index in [1.165, 1.54) is 0 Å². The van der Waals surface area contributed by atoms with Crippen molar-refractivity contribution in [3.05, 3.63) is 42.4 Å². The molecule has 1 aromatic heterocycles. The molecule has 132 valence electrons. The Morgan fingerprint density at radius 2 is 2.16 bits per heavy atom. The van der Waals surface area contributed by atoms with E-state index in [1.54, 1.807) is 24.3 Å². The van der Waals surface area contributed by atoms with Crippen LogP contribution < -0.4 is 14.8 Å². The molecule has 3 rings (SSSR count). The molecule has 1 aliphatic heterocycles. The summed E-state index contributed by atoms with van der Waals surface area (Å²) in [7, 11) is 1.58. The Hall–Kier alpha value is -2.83. The number of carbonyl (C=O) groups excluding carboxylic acids is 1. The van der Waals surface area contributed by atoms with Gasteiger partial charge in [-0.2, -0.15) is 4.98 Å². The van der Waals surface area contributed by atoms with Gasteiger partial charge >= 0.3 is 6.03 Å². The van der Waals surface area contributed by atoms with Gasteiger partial charge in [0.1, 0.15) is 17.7 Å². The van der Waals surface area contributed by atoms with Gasteiger partial charge in [0.25, 0.3) is 0 Å². The third kappa shape index (κ3) is 4.37. The van der Waals surface area contributed by atoms with Crippen molar-refractivity contribution in [2.24, 2.45) is 0 Å². The van der Waals surface area contributed by atoms with E-state index in [1.807, 2.05) is 31.2 Å². The fourth-order valence-corrected chi connectivity index (χ4v) is 2.83. The van der Waals surface area contributed by atoms with Crippen LogP contribution in [0.5, 0.6) is 11.6 Å². The fraction of sp³-hybridized carbons (Fsp3) is 0.389. The van der Waals surface area contributed by atoms with Gasteiger partial charge in [-0.15, -0.1) is 0 Å². The SMILES string of the molecule is COc1ccccc1NC(=O)N1CCCC(Oc2ccnc(C)n2)C1. The molecule has 1 unspecified atom stereocenters. The van der Waals surface area contributed by atoms with Gasteiger partial charge in [-0.1, -0.05) is 12.1 Å². The smallest absolute Gasteiger partial charge is 0.322 e. The molecule has 0 radical (unpaired) electrons. The van der Waals surface area contributed by atoms with Crippen LogP contribution in [0.2, 0.25) is 0 Å². The van der Waals surface area contributed by atoms with Gasteiger partial charge in [0, 0.05) is 18.8 Å². The number of urea groups is 1. The number of para-hydroxylation sites is 2. The number of hydrogen-bond acceptors (Lipinski definition) is 5. The first-order valence-corrected chi connectivity index (χ1v) is 8.31. The number of amides is 2. The first-order chi connectivity index (χ1) is 12.2. The number of likely N-dealkylation sites (tertiary alicyclic amines) is 1. The van der Waals surface area contributed by atoms with E-state index in [4.69, 9.17) is 9.47 Å². The van der Waals surface area contributed by atoms with E-state index in [9.17, 15) is 4.79 Å². The third-order valence-electron chi connectivity index (χ3n) is 4.05. The van der Waals surface area contributed by atoms with Crippen molar-refractivity contribution in [3.8, 4) is 11.6 Å². The zero-order valence-corrected chi connectivity index (χ0v) is 14.4. The van der Waals surface area contributed by atoms with Gasteiger partial charge < -0.3 is 19.7 Å². The molecule has 1 N–H and O–H groups in total. The Labute approximate surface area is 147 Å². The minimum Gasteiger partial charge on any atom is -0.495 e. The number of ether oxygens (including phenoxy) is 2. The maximum absolute atomic E-state index is 12.6. The first-order valence-electron chi connectivity index (χ1n) is 8.31. The normalized spacial score (nSPS) is 17.0. The molecule has 0 spiro atoms. The Morgan fingerprint density at radius 3 is 2.96 bits per heavy atom. The molecule has 1 atom stereocenters. The summed E-state index contributed by atoms with van der Waals surface area (Å²) in [4.78, 5) is 22.6. The van der Waals surface area contributed by atoms with Crippen molar-refractivity contribution >= 4 is 11.7 Å². The molecule has 0 aliphatic carbocycles. The largest absolute Gasteiger partial charge is 0.495 e. The zero-order valence-electron chi connectivity index (χ0n) is 14.4. The number of hydrogen-bond donors (Lipinski definition) is 1. The molecular formula is C18H22N4O3. The molecule has 2 heterocycles. The number of piperidine rings is 1. The first kappa shape index (κ1) is 17.0. The molecule has 0 saturated carbocycles. The van der Waals surface area contributed by atoms with Crippen molar-refractivity contribution in [2.75, 3.05) is 25.5 Å². The predicted octanol–water partition coefficient (Wildman–Crippen LogP) is 2.87. The number of methoxy groups -OCH3 is 1. The molecule has 7 heteroatoms. The summed E-state index contributed by atoms with van der Waals surface area (Å²) in [6.45, 7) is 3.04. The Bertz CT molecular complexity index is 738. The van der Waals surface area contributed by atoms with E-state index in [0.29, 0.717) is 36.2 Å². The van der Waals surface area contributed by atoms with Crippen molar-refractivity contribution < 1.29 is 14.3 Å². The third-order valence-corrected chi connectivity index (χ3v) is 4.05. The number of carbonyl (C=O) groups is 1. The lowest BCUT2D eigenvalue weighted by atomic mass is 10.1. The molecule has 25 heavy (non-hydrogen) atoms. The van der Waals surface area contributed by atoms with E-state index >= 15 is 0 Å². The van der Waals surface area contributed by atoms with Crippen molar-refractivity contribution in [2.45, 2.75) is 25.9 Å². The van der Waals surface area contributed by atoms with Crippen LogP contribution >= 0.6 is 0 Å². The minimum atomic E-state index is -0.156. The second-order valence-corrected chi connectivity index (χ2v) is 5.90. The monoisotopic (exact) mass is 342 g/mol. The highest BCUT2D eigenvalue weighted by molar-refractivity contribution is 5.91. The average Bonchev–Trinajstić information content (AvgIpc) is 2.62. The Balaban J connectivity index is 1.61. The van der Waals surface area contributed by atoms with E-state index in [0.717, 1.165) is 12.8 Å². The predicted molar refractivity (Wildman–Crippen MR) is 94.0 cm³/mol. The van der Waals surface area contributed by atoms with Crippen LogP contribution in [0, 0.1) is 6.92 Å². The van der Waals surface area contributed by atoms with Gasteiger partial charge in [-0.25, -0.2) is 9.78 Å². The van der Waals surface area contributed by atoms with Gasteiger partial charge in [-0.05, 0) is 31.9 Å². The highest BCUT2D eigenvalue weighted by atomic mass is 16.5. The minimum absolute atomic E-state index is 0.0773. The summed E-state index contributed by atoms with van der Waals surface area (Å²) >= 11 is 0. The molecule has 1 aliphatic rings. The Morgan fingerprint density at radius 1 is 1.32 bits per heavy atom. The summed E-state index contributed by atoms with van der Waals surface area (Å²) in [5, 5.41) is 2.91. The highest BCUT2D eigenvalue weighted by Gasteiger charge is 2.25. The summed E-state index contributed by atoms with van der Waals surface area (Å²) in [5.41, 5.74) is 0.657. The molecule has 1 saturated heterocycles. The molecule has 0 bridgehead atoms. The van der Waals surface area contributed by atoms with Crippen molar-refractivity contribution in [3.63, 3.8) is 0 Å². The van der Waals surface area contributed by atoms with Crippen LogP contribution in [0.3, 0.4) is 0 Å². The number of nitrogens with one attached hydrogen (secondary N) is 1. The highest BCUT2D eigenvalue weighted by Crippen LogP contribution is 2.24. The molecule has 2 aromatic rings. The summed E-state index contributed by atoms with van der Waals surface area (Å²) < 4.78 is 11.2. The van der Waals surface area contributed by atoms with Gasteiger partial charge in [0.2, 0.25) is 5.88 Å². The van der Waals surface area contributed by atoms with Gasteiger partial charge in [0.05, 0.1) is 19.3 Å². The second kappa shape index (κ2) is 7.83. The molecule has 2 amide bonds. The van der Waals surface area contributed by atoms with Crippen molar-refractivity contribution in [1.82, 2.24) is 14.9 Å². The second-order valence-electron chi connectivity index (χ2n) is 5.90. The number of nitrogens with zero attached hydrogens (tertiary/aromatic N) is 3. The van der Waals surface area contributed by atoms with Crippen LogP contribution in [-0.4, -0.2) is 47.2 Å². The summed E-state index contributed by atoms with van der Waals surface area (Å²) in [6, 6.07) is 8.94. The standard InChI is InChI=1S/C18H22N4O3/c1-13-19-10-9-17(20-13)25-14-6-5-11-22(12-14)18(23)21-15-7-3-4-8-16(15)24-2/h3-4,7-10,14H,5-6,11-12H2,1-2H3,(H,21,23). The maximum Gasteiger partial charge on any atom is 0.322 e. The van der Waals surface area contributed by atoms with Crippen LogP contribution in [0.25, 0.3) is 0 Å². The lowest BCUT2D eigenvalue weighted by molar-refractivity contribution is 0.102. The molecular weight excluding hydrogens is 320 g/mol. The Kier molecular flexibility index (Phi) is 5.33. The number of benzene rings is 1. The zero-order chi connectivity index (χ0) is 17.6. The molecule has 1 aromatic carbocycles. The lowest BCUT2D eigenvalue weighted by Gasteiger charge is -2.32. The molecule has 7 nitrogen and oxygen atoms in total. The number of aromatic nitrogens is 2.